The van der Waals surface area contributed by atoms with Gasteiger partial charge in [0.2, 0.25) is 0 Å². The quantitative estimate of drug-likeness (QED) is 0.531. The molecule has 1 aliphatic carbocycles. The maximum absolute atomic E-state index is 14.3. The Bertz CT molecular complexity index is 1390. The number of carbonyl (C=O) groups excluding carboxylic acids is 2. The van der Waals surface area contributed by atoms with Crippen LogP contribution in [-0.4, -0.2) is 76.3 Å². The second-order valence-corrected chi connectivity index (χ2v) is 10.4. The molecule has 3 atom stereocenters. The normalized spacial score (nSPS) is 24.1. The molecule has 200 valence electrons. The van der Waals surface area contributed by atoms with Crippen molar-refractivity contribution >= 4 is 23.3 Å². The molecule has 2 aromatic heterocycles. The average molecular weight is 523 g/mol. The van der Waals surface area contributed by atoms with Crippen molar-refractivity contribution in [2.24, 2.45) is 5.92 Å². The summed E-state index contributed by atoms with van der Waals surface area (Å²) in [6, 6.07) is 7.41. The molecule has 1 saturated heterocycles. The number of anilines is 1. The SMILES string of the molecule is CN1CCNC(=O)COc2ccc(F)cc2C(=O)N2CCCCC2c2cc3nc(C4CC4CO)cc1n3n2. The first-order valence-corrected chi connectivity index (χ1v) is 13.2. The number of amides is 2. The van der Waals surface area contributed by atoms with Gasteiger partial charge in [-0.05, 0) is 49.8 Å². The minimum atomic E-state index is -0.550. The molecule has 11 heteroatoms. The van der Waals surface area contributed by atoms with Crippen molar-refractivity contribution in [1.29, 1.82) is 0 Å². The monoisotopic (exact) mass is 522 g/mol. The number of rotatable bonds is 2. The summed E-state index contributed by atoms with van der Waals surface area (Å²) >= 11 is 0. The summed E-state index contributed by atoms with van der Waals surface area (Å²) in [7, 11) is 1.93. The van der Waals surface area contributed by atoms with E-state index in [1.54, 1.807) is 9.42 Å². The van der Waals surface area contributed by atoms with Crippen LogP contribution in [0.4, 0.5) is 10.2 Å². The van der Waals surface area contributed by atoms with Crippen molar-refractivity contribution in [3.05, 3.63) is 53.1 Å². The minimum absolute atomic E-state index is 0.0881. The molecule has 2 fully saturated rings. The van der Waals surface area contributed by atoms with Gasteiger partial charge in [0.05, 0.1) is 23.0 Å². The molecule has 2 bridgehead atoms. The van der Waals surface area contributed by atoms with Gasteiger partial charge in [-0.2, -0.15) is 9.61 Å². The van der Waals surface area contributed by atoms with Gasteiger partial charge in [0.15, 0.2) is 12.3 Å². The predicted octanol–water partition coefficient (Wildman–Crippen LogP) is 2.28. The van der Waals surface area contributed by atoms with Crippen LogP contribution in [0.15, 0.2) is 30.3 Å². The second kappa shape index (κ2) is 9.86. The molecular weight excluding hydrogens is 491 g/mol. The average Bonchev–Trinajstić information content (AvgIpc) is 3.60. The van der Waals surface area contributed by atoms with Crippen LogP contribution in [0.25, 0.3) is 5.65 Å². The number of carbonyl (C=O) groups is 2. The van der Waals surface area contributed by atoms with Gasteiger partial charge in [-0.15, -0.1) is 0 Å². The van der Waals surface area contributed by atoms with Crippen molar-refractivity contribution in [1.82, 2.24) is 24.8 Å². The Morgan fingerprint density at radius 3 is 2.84 bits per heavy atom. The molecule has 3 aromatic rings. The van der Waals surface area contributed by atoms with E-state index < -0.39 is 5.82 Å². The van der Waals surface area contributed by atoms with Crippen LogP contribution in [0, 0.1) is 11.7 Å². The van der Waals surface area contributed by atoms with Gasteiger partial charge in [-0.3, -0.25) is 9.59 Å². The third kappa shape index (κ3) is 4.55. The molecule has 3 unspecified atom stereocenters. The van der Waals surface area contributed by atoms with Crippen molar-refractivity contribution in [2.45, 2.75) is 37.6 Å². The van der Waals surface area contributed by atoms with Crippen LogP contribution < -0.4 is 15.0 Å². The topological polar surface area (TPSA) is 112 Å². The minimum Gasteiger partial charge on any atom is -0.483 e. The highest BCUT2D eigenvalue weighted by atomic mass is 19.1. The fourth-order valence-electron chi connectivity index (χ4n) is 5.54. The molecule has 2 amide bonds. The van der Waals surface area contributed by atoms with Gasteiger partial charge in [-0.1, -0.05) is 0 Å². The van der Waals surface area contributed by atoms with Crippen LogP contribution in [0.5, 0.6) is 5.75 Å². The van der Waals surface area contributed by atoms with E-state index in [4.69, 9.17) is 14.8 Å². The number of ether oxygens (including phenoxy) is 1. The zero-order valence-electron chi connectivity index (χ0n) is 21.3. The van der Waals surface area contributed by atoms with Crippen LogP contribution >= 0.6 is 0 Å². The van der Waals surface area contributed by atoms with E-state index >= 15 is 0 Å². The van der Waals surface area contributed by atoms with Gasteiger partial charge in [0, 0.05) is 51.3 Å². The van der Waals surface area contributed by atoms with Gasteiger partial charge in [0.25, 0.3) is 11.8 Å². The van der Waals surface area contributed by atoms with E-state index in [1.165, 1.54) is 18.2 Å². The van der Waals surface area contributed by atoms with E-state index in [2.05, 4.69) is 5.32 Å². The van der Waals surface area contributed by atoms with Crippen molar-refractivity contribution in [3.63, 3.8) is 0 Å². The number of aliphatic hydroxyl groups is 1. The Kier molecular flexibility index (Phi) is 6.38. The van der Waals surface area contributed by atoms with E-state index in [0.717, 1.165) is 42.9 Å². The maximum Gasteiger partial charge on any atom is 0.258 e. The molecule has 10 nitrogen and oxygen atoms in total. The Morgan fingerprint density at radius 2 is 2.03 bits per heavy atom. The largest absolute Gasteiger partial charge is 0.483 e. The van der Waals surface area contributed by atoms with Crippen molar-refractivity contribution in [2.75, 3.05) is 44.8 Å². The number of nitrogens with zero attached hydrogens (tertiary/aromatic N) is 5. The molecule has 3 aliphatic rings. The van der Waals surface area contributed by atoms with Crippen LogP contribution in [0.2, 0.25) is 0 Å². The van der Waals surface area contributed by atoms with Crippen LogP contribution in [-0.2, 0) is 4.79 Å². The van der Waals surface area contributed by atoms with Gasteiger partial charge >= 0.3 is 0 Å². The number of likely N-dealkylation sites (N-methyl/N-ethyl adjacent to an activating group) is 1. The fourth-order valence-corrected chi connectivity index (χ4v) is 5.54. The second-order valence-electron chi connectivity index (χ2n) is 10.4. The molecule has 6 rings (SSSR count). The first kappa shape index (κ1) is 24.6. The van der Waals surface area contributed by atoms with E-state index in [-0.39, 0.29) is 54.2 Å². The number of halogens is 1. The highest BCUT2D eigenvalue weighted by Gasteiger charge is 2.40. The highest BCUT2D eigenvalue weighted by Crippen LogP contribution is 2.47. The number of fused-ring (bicyclic) bond motifs is 4. The first-order valence-electron chi connectivity index (χ1n) is 13.2. The molecule has 0 spiro atoms. The lowest BCUT2D eigenvalue weighted by Gasteiger charge is -2.35. The molecule has 1 saturated carbocycles. The molecule has 4 heterocycles. The smallest absolute Gasteiger partial charge is 0.258 e. The lowest BCUT2D eigenvalue weighted by Crippen LogP contribution is -2.39. The summed E-state index contributed by atoms with van der Waals surface area (Å²) in [4.78, 5) is 34.9. The summed E-state index contributed by atoms with van der Waals surface area (Å²) in [5.74, 6) is 0.147. The van der Waals surface area contributed by atoms with Crippen LogP contribution in [0.1, 0.15) is 59.4 Å². The zero-order valence-corrected chi connectivity index (χ0v) is 21.3. The maximum atomic E-state index is 14.3. The number of aliphatic hydroxyl groups excluding tert-OH is 1. The van der Waals surface area contributed by atoms with E-state index in [9.17, 15) is 19.1 Å². The predicted molar refractivity (Wildman–Crippen MR) is 137 cm³/mol. The Hall–Kier alpha value is -3.73. The van der Waals surface area contributed by atoms with Crippen molar-refractivity contribution in [3.8, 4) is 5.75 Å². The van der Waals surface area contributed by atoms with Gasteiger partial charge in [0.1, 0.15) is 17.4 Å². The summed E-state index contributed by atoms with van der Waals surface area (Å²) in [5, 5.41) is 17.4. The fraction of sp³-hybridized carbons (Fsp3) is 0.481. The van der Waals surface area contributed by atoms with E-state index in [1.807, 2.05) is 24.1 Å². The number of hydrogen-bond acceptors (Lipinski definition) is 7. The Balaban J connectivity index is 1.46. The molecule has 38 heavy (non-hydrogen) atoms. The summed E-state index contributed by atoms with van der Waals surface area (Å²) < 4.78 is 21.7. The summed E-state index contributed by atoms with van der Waals surface area (Å²) in [6.07, 6.45) is 3.36. The number of hydrogen-bond donors (Lipinski definition) is 2. The number of benzene rings is 1. The summed E-state index contributed by atoms with van der Waals surface area (Å²) in [5.41, 5.74) is 2.39. The summed E-state index contributed by atoms with van der Waals surface area (Å²) in [6.45, 7) is 1.22. The third-order valence-corrected chi connectivity index (χ3v) is 7.78. The standard InChI is InChI=1S/C27H31FN6O4/c1-32-9-7-29-25(36)15-38-23-6-5-17(28)11-19(23)27(37)33-8-3-2-4-22(33)21-12-24-30-20(18-10-16(18)14-35)13-26(32)34(24)31-21/h5-6,11-13,16,18,22,35H,2-4,7-10,14-15H2,1H3,(H,29,36). The molecule has 2 aliphatic heterocycles. The molecule has 1 aromatic carbocycles. The molecule has 0 radical (unpaired) electrons. The Morgan fingerprint density at radius 1 is 1.16 bits per heavy atom. The third-order valence-electron chi connectivity index (χ3n) is 7.78. The Labute approximate surface area is 219 Å². The van der Waals surface area contributed by atoms with E-state index in [0.29, 0.717) is 25.3 Å². The van der Waals surface area contributed by atoms with Gasteiger partial charge in [-0.25, -0.2) is 9.37 Å². The van der Waals surface area contributed by atoms with Crippen molar-refractivity contribution < 1.29 is 23.8 Å². The lowest BCUT2D eigenvalue weighted by atomic mass is 9.98. The highest BCUT2D eigenvalue weighted by molar-refractivity contribution is 5.97. The zero-order chi connectivity index (χ0) is 26.4. The number of nitrogens with one attached hydrogen (secondary N) is 1. The lowest BCUT2D eigenvalue weighted by molar-refractivity contribution is -0.123. The number of aromatic nitrogens is 3. The number of piperidine rings is 1. The van der Waals surface area contributed by atoms with Gasteiger partial charge < -0.3 is 25.0 Å². The molecular formula is C27H31FN6O4. The molecule has 2 N–H and O–H groups in total. The first-order chi connectivity index (χ1) is 18.4. The van der Waals surface area contributed by atoms with Crippen LogP contribution in [0.3, 0.4) is 0 Å².